The van der Waals surface area contributed by atoms with Gasteiger partial charge in [-0.15, -0.1) is 11.6 Å². The van der Waals surface area contributed by atoms with Crippen molar-refractivity contribution in [2.45, 2.75) is 189 Å². The standard InChI is InChI=1S/C57H82ClNO10SSi/c1-39(33-42(58)30-31-50-40(2)34-43(66-50)23-21-22-32-56(7,8)71(64,46-26-17-13-18-27-46)47-28-19-14-20-29-47)41(3)49(60)36-51-48(38-70(62,63)45-24-15-12-16-25-45)53(65-11)52(67-51)35-44-37-59(57(9,10)68-44)54(61)69-55(4,5)6/h12-20,24-29,39,42-44,48-53,60,64H,2-3,21-23,30-38H2,1,4-11H3/t39-,42+,43+,44+,48+,49-,50+,51+,52-,53-/m1/s1. The Labute approximate surface area is 431 Å². The lowest BCUT2D eigenvalue weighted by molar-refractivity contribution is -0.0953. The normalized spacial score (nSPS) is 25.3. The molecule has 0 aromatic heterocycles. The molecule has 0 aliphatic carbocycles. The van der Waals surface area contributed by atoms with Crippen LogP contribution in [0.4, 0.5) is 4.79 Å². The lowest BCUT2D eigenvalue weighted by Gasteiger charge is -2.41. The van der Waals surface area contributed by atoms with Crippen LogP contribution in [0, 0.1) is 11.8 Å². The zero-order valence-corrected chi connectivity index (χ0v) is 46.3. The highest BCUT2D eigenvalue weighted by molar-refractivity contribution is 7.91. The van der Waals surface area contributed by atoms with Crippen molar-refractivity contribution in [3.8, 4) is 0 Å². The third-order valence-electron chi connectivity index (χ3n) is 15.1. The Morgan fingerprint density at radius 1 is 0.915 bits per heavy atom. The summed E-state index contributed by atoms with van der Waals surface area (Å²) in [7, 11) is -5.29. The number of nitrogens with zero attached hydrogens (tertiary/aromatic N) is 1. The lowest BCUT2D eigenvalue weighted by atomic mass is 9.86. The molecule has 3 aromatic rings. The molecular weight excluding hydrogens is 954 g/mol. The molecule has 0 bridgehead atoms. The molecule has 0 spiro atoms. The summed E-state index contributed by atoms with van der Waals surface area (Å²) in [5.74, 6) is -1.02. The topological polar surface area (TPSA) is 141 Å². The number of amides is 1. The van der Waals surface area contributed by atoms with E-state index in [4.69, 9.17) is 35.3 Å². The minimum Gasteiger partial charge on any atom is -0.444 e. The number of alkyl halides is 1. The van der Waals surface area contributed by atoms with Gasteiger partial charge >= 0.3 is 6.09 Å². The fourth-order valence-corrected chi connectivity index (χ4v) is 16.9. The Hall–Kier alpha value is -3.37. The van der Waals surface area contributed by atoms with Gasteiger partial charge in [-0.25, -0.2) is 13.2 Å². The van der Waals surface area contributed by atoms with Crippen molar-refractivity contribution in [2.75, 3.05) is 19.4 Å². The number of rotatable bonds is 23. The van der Waals surface area contributed by atoms with Crippen LogP contribution >= 0.6 is 11.6 Å². The summed E-state index contributed by atoms with van der Waals surface area (Å²) >= 11 is 7.02. The predicted molar refractivity (Wildman–Crippen MR) is 285 cm³/mol. The molecule has 10 atom stereocenters. The van der Waals surface area contributed by atoms with E-state index in [1.807, 2.05) is 77.9 Å². The molecule has 0 unspecified atom stereocenters. The number of hydrogen-bond acceptors (Lipinski definition) is 10. The summed E-state index contributed by atoms with van der Waals surface area (Å²) in [4.78, 5) is 27.5. The number of carbonyl (C=O) groups is 1. The first-order chi connectivity index (χ1) is 33.3. The SMILES string of the molecule is C=C([C@H](C)C[C@@H](Cl)CC[C@@H]1O[C@@H](CCCCC(C)(C)[Si](O)(c2ccccc2)c2ccccc2)CC1=C)[C@H](O)C[C@@H]1O[C@H](C[C@H]2CN(C(=O)OC(C)(C)C)C(C)(C)O2)[C@H](OC)[C@H]1CS(=O)(=O)c1ccccc1. The number of carbonyl (C=O) groups excluding carboxylic acids is 1. The molecule has 0 saturated carbocycles. The van der Waals surface area contributed by atoms with Gasteiger partial charge in [0.05, 0.1) is 59.9 Å². The van der Waals surface area contributed by atoms with Crippen molar-refractivity contribution in [3.05, 3.63) is 115 Å². The highest BCUT2D eigenvalue weighted by Gasteiger charge is 2.52. The zero-order valence-electron chi connectivity index (χ0n) is 43.7. The average molecular weight is 1040 g/mol. The minimum absolute atomic E-state index is 0.0678. The molecule has 14 heteroatoms. The van der Waals surface area contributed by atoms with Crippen LogP contribution in [0.15, 0.2) is 120 Å². The monoisotopic (exact) mass is 1040 g/mol. The number of hydrogen-bond donors (Lipinski definition) is 2. The van der Waals surface area contributed by atoms with Gasteiger partial charge in [0.15, 0.2) is 9.84 Å². The Morgan fingerprint density at radius 3 is 2.08 bits per heavy atom. The quantitative estimate of drug-likeness (QED) is 0.0408. The first kappa shape index (κ1) is 56.9. The maximum atomic E-state index is 13.9. The molecule has 71 heavy (non-hydrogen) atoms. The molecule has 6 rings (SSSR count). The van der Waals surface area contributed by atoms with Crippen LogP contribution in [0.5, 0.6) is 0 Å². The molecule has 392 valence electrons. The number of ether oxygens (including phenoxy) is 5. The molecule has 3 aromatic carbocycles. The van der Waals surface area contributed by atoms with E-state index >= 15 is 0 Å². The Kier molecular flexibility index (Phi) is 19.1. The first-order valence-electron chi connectivity index (χ1n) is 25.7. The summed E-state index contributed by atoms with van der Waals surface area (Å²) in [6.07, 6.45) is 3.28. The molecule has 1 amide bonds. The van der Waals surface area contributed by atoms with Crippen molar-refractivity contribution in [1.29, 1.82) is 0 Å². The number of unbranched alkanes of at least 4 members (excludes halogenated alkanes) is 1. The summed E-state index contributed by atoms with van der Waals surface area (Å²) in [5.41, 5.74) is 0.0674. The summed E-state index contributed by atoms with van der Waals surface area (Å²) in [6, 6.07) is 28.7. The van der Waals surface area contributed by atoms with Gasteiger partial charge in [0, 0.05) is 31.2 Å². The van der Waals surface area contributed by atoms with Gasteiger partial charge in [0.2, 0.25) is 0 Å². The van der Waals surface area contributed by atoms with E-state index in [9.17, 15) is 23.1 Å². The van der Waals surface area contributed by atoms with Crippen LogP contribution in [0.25, 0.3) is 0 Å². The van der Waals surface area contributed by atoms with Crippen molar-refractivity contribution < 1.29 is 46.8 Å². The van der Waals surface area contributed by atoms with Crippen molar-refractivity contribution in [2.24, 2.45) is 11.8 Å². The molecule has 3 heterocycles. The third-order valence-corrected chi connectivity index (χ3v) is 21.9. The summed E-state index contributed by atoms with van der Waals surface area (Å²) in [6.45, 7) is 24.5. The van der Waals surface area contributed by atoms with Crippen LogP contribution in [0.1, 0.15) is 120 Å². The number of methoxy groups -OCH3 is 1. The highest BCUT2D eigenvalue weighted by atomic mass is 35.5. The van der Waals surface area contributed by atoms with E-state index in [1.54, 1.807) is 42.3 Å². The van der Waals surface area contributed by atoms with Crippen LogP contribution in [0.3, 0.4) is 0 Å². The van der Waals surface area contributed by atoms with Crippen LogP contribution in [0.2, 0.25) is 5.04 Å². The van der Waals surface area contributed by atoms with E-state index in [1.165, 1.54) is 0 Å². The number of halogens is 1. The number of aliphatic hydroxyl groups excluding tert-OH is 1. The molecule has 3 aliphatic heterocycles. The number of sulfone groups is 1. The fourth-order valence-electron chi connectivity index (χ4n) is 11.1. The number of aliphatic hydroxyl groups is 1. The van der Waals surface area contributed by atoms with E-state index < -0.39 is 72.0 Å². The van der Waals surface area contributed by atoms with E-state index in [2.05, 4.69) is 51.3 Å². The van der Waals surface area contributed by atoms with Crippen LogP contribution in [-0.2, 0) is 33.5 Å². The summed E-state index contributed by atoms with van der Waals surface area (Å²) < 4.78 is 59.2. The number of benzene rings is 3. The first-order valence-corrected chi connectivity index (χ1v) is 29.7. The minimum atomic E-state index is -3.78. The van der Waals surface area contributed by atoms with E-state index in [0.717, 1.165) is 54.5 Å². The maximum Gasteiger partial charge on any atom is 0.412 e. The second kappa shape index (κ2) is 23.9. The van der Waals surface area contributed by atoms with Crippen molar-refractivity contribution in [3.63, 3.8) is 0 Å². The predicted octanol–water partition coefficient (Wildman–Crippen LogP) is 10.1. The van der Waals surface area contributed by atoms with Gasteiger partial charge in [-0.2, -0.15) is 0 Å². The Morgan fingerprint density at radius 2 is 1.51 bits per heavy atom. The average Bonchev–Trinajstić information content (AvgIpc) is 3.95. The van der Waals surface area contributed by atoms with Gasteiger partial charge in [-0.3, -0.25) is 4.90 Å². The van der Waals surface area contributed by atoms with E-state index in [-0.39, 0.29) is 52.2 Å². The van der Waals surface area contributed by atoms with Gasteiger partial charge in [-0.1, -0.05) is 126 Å². The van der Waals surface area contributed by atoms with Gasteiger partial charge < -0.3 is 33.6 Å². The largest absolute Gasteiger partial charge is 0.444 e. The molecule has 2 N–H and O–H groups in total. The molecule has 11 nitrogen and oxygen atoms in total. The molecule has 3 aliphatic rings. The second-order valence-electron chi connectivity index (χ2n) is 22.5. The molecule has 3 saturated heterocycles. The third kappa shape index (κ3) is 14.3. The van der Waals surface area contributed by atoms with Crippen molar-refractivity contribution >= 4 is 46.2 Å². The van der Waals surface area contributed by atoms with E-state index in [0.29, 0.717) is 24.8 Å². The van der Waals surface area contributed by atoms with Crippen LogP contribution in [-0.4, -0.2) is 116 Å². The fraction of sp³-hybridized carbons (Fsp3) is 0.596. The Bertz CT molecular complexity index is 2290. The van der Waals surface area contributed by atoms with Crippen LogP contribution < -0.4 is 10.4 Å². The molecule has 3 fully saturated rings. The second-order valence-corrected chi connectivity index (χ2v) is 29.1. The summed E-state index contributed by atoms with van der Waals surface area (Å²) in [5, 5.41) is 13.4. The zero-order chi connectivity index (χ0) is 51.9. The van der Waals surface area contributed by atoms with Gasteiger partial charge in [-0.05, 0) is 118 Å². The van der Waals surface area contributed by atoms with Crippen molar-refractivity contribution in [1.82, 2.24) is 4.90 Å². The highest BCUT2D eigenvalue weighted by Crippen LogP contribution is 2.43. The Balaban J connectivity index is 1.01. The maximum absolute atomic E-state index is 13.9. The molecular formula is C57H82ClNO10SSi. The molecule has 0 radical (unpaired) electrons. The van der Waals surface area contributed by atoms with Gasteiger partial charge in [0.25, 0.3) is 8.32 Å². The lowest BCUT2D eigenvalue weighted by Crippen LogP contribution is -2.65. The smallest absolute Gasteiger partial charge is 0.412 e. The van der Waals surface area contributed by atoms with Gasteiger partial charge in [0.1, 0.15) is 11.3 Å².